The van der Waals surface area contributed by atoms with E-state index in [0.717, 1.165) is 12.4 Å². The van der Waals surface area contributed by atoms with Crippen molar-refractivity contribution in [2.45, 2.75) is 24.7 Å². The Hall–Kier alpha value is -1.27. The Kier molecular flexibility index (Phi) is 4.43. The van der Waals surface area contributed by atoms with Crippen molar-refractivity contribution in [1.29, 1.82) is 0 Å². The van der Waals surface area contributed by atoms with Crippen LogP contribution in [0.2, 0.25) is 5.15 Å². The lowest BCUT2D eigenvalue weighted by Crippen LogP contribution is -2.22. The third-order valence-electron chi connectivity index (χ3n) is 2.30. The molecule has 0 saturated heterocycles. The van der Waals surface area contributed by atoms with E-state index in [4.69, 9.17) is 11.6 Å². The van der Waals surface area contributed by atoms with Crippen LogP contribution in [0, 0.1) is 0 Å². The maximum atomic E-state index is 5.94. The minimum atomic E-state index is 0.222. The fraction of sp³-hybridized carbons (Fsp3) is 0.364. The van der Waals surface area contributed by atoms with Crippen LogP contribution in [0.25, 0.3) is 0 Å². The van der Waals surface area contributed by atoms with E-state index < -0.39 is 0 Å². The zero-order valence-corrected chi connectivity index (χ0v) is 11.7. The minimum Gasteiger partial charge on any atom is -0.366 e. The highest BCUT2D eigenvalue weighted by atomic mass is 35.5. The van der Waals surface area contributed by atoms with Crippen molar-refractivity contribution in [1.82, 2.24) is 19.5 Å². The topological polar surface area (TPSA) is 55.6 Å². The molecular formula is C11H14ClN5S. The number of hydrogen-bond donors (Lipinski definition) is 1. The summed E-state index contributed by atoms with van der Waals surface area (Å²) in [6, 6.07) is 1.95. The summed E-state index contributed by atoms with van der Waals surface area (Å²) in [4.78, 5) is 12.5. The van der Waals surface area contributed by atoms with Crippen molar-refractivity contribution in [3.05, 3.63) is 29.9 Å². The lowest BCUT2D eigenvalue weighted by atomic mass is 10.3. The van der Waals surface area contributed by atoms with Crippen LogP contribution >= 0.6 is 23.4 Å². The molecule has 18 heavy (non-hydrogen) atoms. The number of imidazole rings is 1. The molecule has 1 atom stereocenters. The number of thioether (sulfide) groups is 1. The van der Waals surface area contributed by atoms with E-state index >= 15 is 0 Å². The molecule has 2 aromatic rings. The van der Waals surface area contributed by atoms with Crippen LogP contribution in [0.3, 0.4) is 0 Å². The molecule has 0 aliphatic rings. The first-order chi connectivity index (χ1) is 8.67. The predicted molar refractivity (Wildman–Crippen MR) is 74.1 cm³/mol. The van der Waals surface area contributed by atoms with Gasteiger partial charge >= 0.3 is 0 Å². The van der Waals surface area contributed by atoms with Gasteiger partial charge in [0.25, 0.3) is 0 Å². The van der Waals surface area contributed by atoms with Crippen molar-refractivity contribution in [3.8, 4) is 0 Å². The van der Waals surface area contributed by atoms with Crippen molar-refractivity contribution < 1.29 is 0 Å². The number of halogens is 1. The fourth-order valence-corrected chi connectivity index (χ4v) is 2.18. The molecule has 0 fully saturated rings. The zero-order chi connectivity index (χ0) is 13.0. The van der Waals surface area contributed by atoms with Crippen LogP contribution in [0.5, 0.6) is 0 Å². The molecule has 0 saturated carbocycles. The summed E-state index contributed by atoms with van der Waals surface area (Å²) in [6.07, 6.45) is 7.40. The highest BCUT2D eigenvalue weighted by molar-refractivity contribution is 7.98. The van der Waals surface area contributed by atoms with Gasteiger partial charge in [0.1, 0.15) is 11.0 Å². The minimum absolute atomic E-state index is 0.222. The SMILES string of the molecule is CSc1nc(Cl)cc(NC(C)Cn2ccnc2)n1. The first-order valence-corrected chi connectivity index (χ1v) is 7.08. The molecule has 0 spiro atoms. The van der Waals surface area contributed by atoms with Crippen LogP contribution in [0.15, 0.2) is 29.9 Å². The van der Waals surface area contributed by atoms with E-state index in [9.17, 15) is 0 Å². The summed E-state index contributed by atoms with van der Waals surface area (Å²) in [6.45, 7) is 2.89. The molecule has 2 rings (SSSR count). The first kappa shape index (κ1) is 13.2. The third-order valence-corrected chi connectivity index (χ3v) is 3.04. The van der Waals surface area contributed by atoms with Gasteiger partial charge < -0.3 is 9.88 Å². The average molecular weight is 284 g/mol. The maximum Gasteiger partial charge on any atom is 0.190 e. The van der Waals surface area contributed by atoms with E-state index in [-0.39, 0.29) is 6.04 Å². The second kappa shape index (κ2) is 6.06. The van der Waals surface area contributed by atoms with E-state index in [0.29, 0.717) is 10.3 Å². The molecule has 7 heteroatoms. The van der Waals surface area contributed by atoms with Crippen LogP contribution in [0.1, 0.15) is 6.92 Å². The lowest BCUT2D eigenvalue weighted by molar-refractivity contribution is 0.616. The molecule has 0 bridgehead atoms. The van der Waals surface area contributed by atoms with Crippen LogP contribution in [-0.4, -0.2) is 31.8 Å². The Bertz CT molecular complexity index is 502. The van der Waals surface area contributed by atoms with Gasteiger partial charge in [-0.1, -0.05) is 23.4 Å². The van der Waals surface area contributed by atoms with Crippen LogP contribution < -0.4 is 5.32 Å². The number of rotatable bonds is 5. The average Bonchev–Trinajstić information content (AvgIpc) is 2.80. The summed E-state index contributed by atoms with van der Waals surface area (Å²) >= 11 is 7.40. The molecule has 0 amide bonds. The van der Waals surface area contributed by atoms with Gasteiger partial charge in [-0.2, -0.15) is 0 Å². The first-order valence-electron chi connectivity index (χ1n) is 5.48. The van der Waals surface area contributed by atoms with E-state index in [1.165, 1.54) is 11.8 Å². The van der Waals surface area contributed by atoms with Gasteiger partial charge in [0.2, 0.25) is 0 Å². The lowest BCUT2D eigenvalue weighted by Gasteiger charge is -2.15. The summed E-state index contributed by atoms with van der Waals surface area (Å²) < 4.78 is 2.01. The second-order valence-corrected chi connectivity index (χ2v) is 5.03. The monoisotopic (exact) mass is 283 g/mol. The largest absolute Gasteiger partial charge is 0.366 e. The highest BCUT2D eigenvalue weighted by Crippen LogP contribution is 2.17. The number of aromatic nitrogens is 4. The summed E-state index contributed by atoms with van der Waals surface area (Å²) in [7, 11) is 0. The van der Waals surface area contributed by atoms with Gasteiger partial charge in [-0.15, -0.1) is 0 Å². The molecule has 2 heterocycles. The van der Waals surface area contributed by atoms with Gasteiger partial charge in [-0.3, -0.25) is 0 Å². The molecule has 2 aromatic heterocycles. The standard InChI is InChI=1S/C11H14ClN5S/c1-8(6-17-4-3-13-7-17)14-10-5-9(12)15-11(16-10)18-2/h3-5,7-8H,6H2,1-2H3,(H,14,15,16). The molecule has 1 N–H and O–H groups in total. The van der Waals surface area contributed by atoms with Gasteiger partial charge in [0, 0.05) is 31.0 Å². The Labute approximate surface area is 115 Å². The molecule has 0 aliphatic heterocycles. The van der Waals surface area contributed by atoms with Gasteiger partial charge in [0.15, 0.2) is 5.16 Å². The molecule has 5 nitrogen and oxygen atoms in total. The Morgan fingerprint density at radius 1 is 1.50 bits per heavy atom. The summed E-state index contributed by atoms with van der Waals surface area (Å²) in [5, 5.41) is 4.42. The van der Waals surface area contributed by atoms with Crippen molar-refractivity contribution in [2.24, 2.45) is 0 Å². The quantitative estimate of drug-likeness (QED) is 0.519. The Morgan fingerprint density at radius 3 is 3.00 bits per heavy atom. The van der Waals surface area contributed by atoms with Gasteiger partial charge in [-0.25, -0.2) is 15.0 Å². The smallest absolute Gasteiger partial charge is 0.190 e. The predicted octanol–water partition coefficient (Wildman–Crippen LogP) is 2.55. The summed E-state index contributed by atoms with van der Waals surface area (Å²) in [5.41, 5.74) is 0. The van der Waals surface area contributed by atoms with E-state index in [2.05, 4.69) is 27.2 Å². The molecule has 1 unspecified atom stereocenters. The second-order valence-electron chi connectivity index (χ2n) is 3.87. The Balaban J connectivity index is 2.02. The van der Waals surface area contributed by atoms with Crippen molar-refractivity contribution in [3.63, 3.8) is 0 Å². The van der Waals surface area contributed by atoms with Crippen LogP contribution in [-0.2, 0) is 6.54 Å². The Morgan fingerprint density at radius 2 is 2.33 bits per heavy atom. The third kappa shape index (κ3) is 3.61. The molecule has 0 radical (unpaired) electrons. The number of hydrogen-bond acceptors (Lipinski definition) is 5. The molecule has 0 aromatic carbocycles. The van der Waals surface area contributed by atoms with Gasteiger partial charge in [-0.05, 0) is 13.2 Å². The number of nitrogens with one attached hydrogen (secondary N) is 1. The van der Waals surface area contributed by atoms with Crippen molar-refractivity contribution >= 4 is 29.2 Å². The zero-order valence-electron chi connectivity index (χ0n) is 10.2. The molecule has 96 valence electrons. The van der Waals surface area contributed by atoms with Crippen molar-refractivity contribution in [2.75, 3.05) is 11.6 Å². The van der Waals surface area contributed by atoms with Crippen LogP contribution in [0.4, 0.5) is 5.82 Å². The van der Waals surface area contributed by atoms with Gasteiger partial charge in [0.05, 0.1) is 6.33 Å². The maximum absolute atomic E-state index is 5.94. The normalized spacial score (nSPS) is 12.4. The highest BCUT2D eigenvalue weighted by Gasteiger charge is 2.06. The van der Waals surface area contributed by atoms with E-state index in [1.807, 2.05) is 17.0 Å². The number of nitrogens with zero attached hydrogens (tertiary/aromatic N) is 4. The fourth-order valence-electron chi connectivity index (χ4n) is 1.57. The number of anilines is 1. The summed E-state index contributed by atoms with van der Waals surface area (Å²) in [5.74, 6) is 0.743. The molecular weight excluding hydrogens is 270 g/mol. The molecule has 0 aliphatic carbocycles. The van der Waals surface area contributed by atoms with E-state index in [1.54, 1.807) is 18.6 Å².